The quantitative estimate of drug-likeness (QED) is 0.202. The van der Waals surface area contributed by atoms with E-state index in [1.54, 1.807) is 42.5 Å². The number of carbonyl (C=O) groups excluding carboxylic acids is 3. The lowest BCUT2D eigenvalue weighted by atomic mass is 10.1. The highest BCUT2D eigenvalue weighted by Gasteiger charge is 2.36. The SMILES string of the molecule is CCOc1cc(/C=C2/C(=O)NC(=O)N(c3ccc(Br)cc3)C2=O)ccc1OCCOc1ccc(C)c(C)c1. The molecule has 38 heavy (non-hydrogen) atoms. The first kappa shape index (κ1) is 26.9. The van der Waals surface area contributed by atoms with Crippen LogP contribution >= 0.6 is 15.9 Å². The van der Waals surface area contributed by atoms with Crippen LogP contribution in [0, 0.1) is 13.8 Å². The van der Waals surface area contributed by atoms with Crippen molar-refractivity contribution in [2.24, 2.45) is 0 Å². The summed E-state index contributed by atoms with van der Waals surface area (Å²) in [5, 5.41) is 2.23. The van der Waals surface area contributed by atoms with Crippen molar-refractivity contribution in [3.05, 3.63) is 87.4 Å². The summed E-state index contributed by atoms with van der Waals surface area (Å²) in [6.45, 7) is 6.95. The van der Waals surface area contributed by atoms with Crippen LogP contribution in [0.3, 0.4) is 0 Å². The van der Waals surface area contributed by atoms with Gasteiger partial charge in [0.05, 0.1) is 12.3 Å². The van der Waals surface area contributed by atoms with Gasteiger partial charge in [0.2, 0.25) is 0 Å². The fraction of sp³-hybridized carbons (Fsp3) is 0.207. The normalized spacial score (nSPS) is 14.5. The summed E-state index contributed by atoms with van der Waals surface area (Å²) in [6.07, 6.45) is 1.42. The van der Waals surface area contributed by atoms with Gasteiger partial charge in [-0.15, -0.1) is 0 Å². The number of urea groups is 1. The number of hydrogen-bond donors (Lipinski definition) is 1. The Labute approximate surface area is 229 Å². The molecule has 1 heterocycles. The third kappa shape index (κ3) is 6.23. The number of nitrogens with one attached hydrogen (secondary N) is 1. The molecule has 4 amide bonds. The molecule has 0 unspecified atom stereocenters. The molecule has 1 saturated heterocycles. The number of amides is 4. The summed E-state index contributed by atoms with van der Waals surface area (Å²) in [5.74, 6) is 0.245. The maximum atomic E-state index is 13.1. The molecule has 8 nitrogen and oxygen atoms in total. The number of imide groups is 2. The summed E-state index contributed by atoms with van der Waals surface area (Å²) < 4.78 is 18.2. The molecule has 4 rings (SSSR count). The average molecular weight is 579 g/mol. The van der Waals surface area contributed by atoms with Crippen molar-refractivity contribution < 1.29 is 28.6 Å². The smallest absolute Gasteiger partial charge is 0.335 e. The van der Waals surface area contributed by atoms with E-state index in [1.165, 1.54) is 11.6 Å². The number of benzene rings is 3. The van der Waals surface area contributed by atoms with E-state index in [4.69, 9.17) is 14.2 Å². The number of barbiturate groups is 1. The third-order valence-corrected chi connectivity index (χ3v) is 6.38. The van der Waals surface area contributed by atoms with Gasteiger partial charge in [-0.2, -0.15) is 0 Å². The molecule has 1 aliphatic rings. The van der Waals surface area contributed by atoms with E-state index < -0.39 is 17.8 Å². The zero-order valence-corrected chi connectivity index (χ0v) is 22.8. The topological polar surface area (TPSA) is 94.2 Å². The van der Waals surface area contributed by atoms with Crippen molar-refractivity contribution >= 4 is 45.5 Å². The Morgan fingerprint density at radius 2 is 1.58 bits per heavy atom. The van der Waals surface area contributed by atoms with Crippen molar-refractivity contribution in [3.8, 4) is 17.2 Å². The second kappa shape index (κ2) is 12.0. The Hall–Kier alpha value is -4.11. The van der Waals surface area contributed by atoms with Crippen LogP contribution in [0.25, 0.3) is 6.08 Å². The van der Waals surface area contributed by atoms with Crippen molar-refractivity contribution in [2.75, 3.05) is 24.7 Å². The first-order chi connectivity index (χ1) is 18.3. The van der Waals surface area contributed by atoms with E-state index in [2.05, 4.69) is 21.2 Å². The van der Waals surface area contributed by atoms with Gasteiger partial charge < -0.3 is 14.2 Å². The van der Waals surface area contributed by atoms with E-state index in [0.717, 1.165) is 20.7 Å². The van der Waals surface area contributed by atoms with Gasteiger partial charge in [0.25, 0.3) is 11.8 Å². The van der Waals surface area contributed by atoms with E-state index in [-0.39, 0.29) is 5.57 Å². The molecule has 0 saturated carbocycles. The molecule has 196 valence electrons. The summed E-state index contributed by atoms with van der Waals surface area (Å²) in [5.41, 5.74) is 3.06. The van der Waals surface area contributed by atoms with E-state index in [1.807, 2.05) is 39.0 Å². The molecule has 3 aromatic carbocycles. The second-order valence-electron chi connectivity index (χ2n) is 8.52. The predicted molar refractivity (Wildman–Crippen MR) is 148 cm³/mol. The van der Waals surface area contributed by atoms with Crippen LogP contribution in [0.4, 0.5) is 10.5 Å². The second-order valence-corrected chi connectivity index (χ2v) is 9.43. The minimum Gasteiger partial charge on any atom is -0.490 e. The highest BCUT2D eigenvalue weighted by atomic mass is 79.9. The van der Waals surface area contributed by atoms with Crippen molar-refractivity contribution in [2.45, 2.75) is 20.8 Å². The molecular weight excluding hydrogens is 552 g/mol. The standard InChI is InChI=1S/C29H27BrN2O6/c1-4-36-26-17-20(6-12-25(26)38-14-13-37-23-11-5-18(2)19(3)15-23)16-24-27(33)31-29(35)32(28(24)34)22-9-7-21(30)8-10-22/h5-12,15-17H,4,13-14H2,1-3H3,(H,31,33,35)/b24-16-. The number of rotatable bonds is 9. The van der Waals surface area contributed by atoms with Gasteiger partial charge in [0, 0.05) is 4.47 Å². The number of aryl methyl sites for hydroxylation is 2. The van der Waals surface area contributed by atoms with Gasteiger partial charge in [0.1, 0.15) is 24.5 Å². The monoisotopic (exact) mass is 578 g/mol. The molecule has 1 N–H and O–H groups in total. The minimum absolute atomic E-state index is 0.176. The van der Waals surface area contributed by atoms with Crippen LogP contribution in [-0.2, 0) is 9.59 Å². The Morgan fingerprint density at radius 3 is 2.29 bits per heavy atom. The number of carbonyl (C=O) groups is 3. The lowest BCUT2D eigenvalue weighted by Crippen LogP contribution is -2.54. The Balaban J connectivity index is 1.49. The minimum atomic E-state index is -0.804. The van der Waals surface area contributed by atoms with Gasteiger partial charge in [-0.25, -0.2) is 9.69 Å². The molecule has 9 heteroatoms. The number of ether oxygens (including phenoxy) is 3. The van der Waals surface area contributed by atoms with Crippen LogP contribution in [0.1, 0.15) is 23.6 Å². The highest BCUT2D eigenvalue weighted by Crippen LogP contribution is 2.30. The van der Waals surface area contributed by atoms with Crippen molar-refractivity contribution in [1.29, 1.82) is 0 Å². The Morgan fingerprint density at radius 1 is 0.842 bits per heavy atom. The zero-order chi connectivity index (χ0) is 27.2. The van der Waals surface area contributed by atoms with Crippen LogP contribution < -0.4 is 24.4 Å². The summed E-state index contributed by atoms with van der Waals surface area (Å²) in [6, 6.07) is 16.8. The summed E-state index contributed by atoms with van der Waals surface area (Å²) >= 11 is 3.33. The highest BCUT2D eigenvalue weighted by molar-refractivity contribution is 9.10. The molecule has 1 aliphatic heterocycles. The fourth-order valence-corrected chi connectivity index (χ4v) is 4.03. The number of anilines is 1. The molecule has 0 atom stereocenters. The van der Waals surface area contributed by atoms with Gasteiger partial charge in [-0.1, -0.05) is 28.1 Å². The molecule has 1 fully saturated rings. The van der Waals surface area contributed by atoms with Crippen molar-refractivity contribution in [3.63, 3.8) is 0 Å². The van der Waals surface area contributed by atoms with E-state index >= 15 is 0 Å². The Bertz CT molecular complexity index is 1400. The fourth-order valence-electron chi connectivity index (χ4n) is 3.77. The van der Waals surface area contributed by atoms with Gasteiger partial charge in [-0.3, -0.25) is 14.9 Å². The first-order valence-electron chi connectivity index (χ1n) is 12.0. The maximum Gasteiger partial charge on any atom is 0.335 e. The molecule has 0 aliphatic carbocycles. The Kier molecular flexibility index (Phi) is 8.48. The molecule has 0 aromatic heterocycles. The number of halogens is 1. The van der Waals surface area contributed by atoms with Crippen molar-refractivity contribution in [1.82, 2.24) is 5.32 Å². The van der Waals surface area contributed by atoms with Crippen LogP contribution in [0.15, 0.2) is 70.7 Å². The van der Waals surface area contributed by atoms with Gasteiger partial charge in [-0.05, 0) is 92.1 Å². The number of nitrogens with zero attached hydrogens (tertiary/aromatic N) is 1. The van der Waals surface area contributed by atoms with Gasteiger partial charge in [0.15, 0.2) is 11.5 Å². The van der Waals surface area contributed by atoms with Gasteiger partial charge >= 0.3 is 6.03 Å². The largest absolute Gasteiger partial charge is 0.490 e. The average Bonchev–Trinajstić information content (AvgIpc) is 2.88. The molecule has 0 radical (unpaired) electrons. The first-order valence-corrected chi connectivity index (χ1v) is 12.8. The summed E-state index contributed by atoms with van der Waals surface area (Å²) in [4.78, 5) is 39.0. The molecule has 3 aromatic rings. The molecule has 0 bridgehead atoms. The van der Waals surface area contributed by atoms with E-state index in [9.17, 15) is 14.4 Å². The number of hydrogen-bond acceptors (Lipinski definition) is 6. The molecule has 0 spiro atoms. The third-order valence-electron chi connectivity index (χ3n) is 5.85. The van der Waals surface area contributed by atoms with Crippen LogP contribution in [-0.4, -0.2) is 37.7 Å². The maximum absolute atomic E-state index is 13.1. The predicted octanol–water partition coefficient (Wildman–Crippen LogP) is 5.59. The van der Waals surface area contributed by atoms with E-state index in [0.29, 0.717) is 42.6 Å². The van der Waals surface area contributed by atoms with Crippen LogP contribution in [0.5, 0.6) is 17.2 Å². The molecular formula is C29H27BrN2O6. The summed E-state index contributed by atoms with van der Waals surface area (Å²) in [7, 11) is 0. The lowest BCUT2D eigenvalue weighted by molar-refractivity contribution is -0.122. The van der Waals surface area contributed by atoms with Crippen LogP contribution in [0.2, 0.25) is 0 Å². The zero-order valence-electron chi connectivity index (χ0n) is 21.2. The lowest BCUT2D eigenvalue weighted by Gasteiger charge is -2.26.